The first-order valence-electron chi connectivity index (χ1n) is 5.28. The monoisotopic (exact) mass is 317 g/mol. The number of nitrogens with one attached hydrogen (secondary N) is 1. The number of carboxylic acid groups (broad SMARTS) is 1. The van der Waals surface area contributed by atoms with Gasteiger partial charge in [0.25, 0.3) is 0 Å². The molecule has 0 aromatic carbocycles. The lowest BCUT2D eigenvalue weighted by Crippen LogP contribution is -2.27. The number of hydrogen-bond donors (Lipinski definition) is 2. The summed E-state index contributed by atoms with van der Waals surface area (Å²) in [6.07, 6.45) is 0. The highest BCUT2D eigenvalue weighted by atomic mass is 32.2. The van der Waals surface area contributed by atoms with Crippen LogP contribution in [0.1, 0.15) is 27.5 Å². The fourth-order valence-corrected chi connectivity index (χ4v) is 4.85. The van der Waals surface area contributed by atoms with Crippen molar-refractivity contribution in [2.24, 2.45) is 0 Å². The average Bonchev–Trinajstić information content (AvgIpc) is 3.00. The molecule has 0 bridgehead atoms. The van der Waals surface area contributed by atoms with Crippen LogP contribution in [0.4, 0.5) is 0 Å². The van der Waals surface area contributed by atoms with Crippen molar-refractivity contribution in [3.05, 3.63) is 38.7 Å². The highest BCUT2D eigenvalue weighted by molar-refractivity contribution is 7.89. The Hall–Kier alpha value is -1.22. The van der Waals surface area contributed by atoms with Gasteiger partial charge in [-0.05, 0) is 29.8 Å². The predicted molar refractivity (Wildman–Crippen MR) is 74.3 cm³/mol. The van der Waals surface area contributed by atoms with Crippen molar-refractivity contribution >= 4 is 38.7 Å². The summed E-state index contributed by atoms with van der Waals surface area (Å²) in [6.45, 7) is 1.72. The van der Waals surface area contributed by atoms with Crippen molar-refractivity contribution in [3.8, 4) is 0 Å². The summed E-state index contributed by atoms with van der Waals surface area (Å²) in [5.74, 6) is -1.24. The molecular formula is C11H11NO4S3. The van der Waals surface area contributed by atoms with Gasteiger partial charge in [0.2, 0.25) is 10.0 Å². The Morgan fingerprint density at radius 1 is 1.32 bits per heavy atom. The number of thiophene rings is 2. The first kappa shape index (κ1) is 14.2. The summed E-state index contributed by atoms with van der Waals surface area (Å²) in [5.41, 5.74) is 0. The molecule has 0 fully saturated rings. The van der Waals surface area contributed by atoms with Gasteiger partial charge in [0.1, 0.15) is 9.77 Å². The van der Waals surface area contributed by atoms with E-state index in [1.165, 1.54) is 22.8 Å². The van der Waals surface area contributed by atoms with Crippen molar-refractivity contribution in [1.29, 1.82) is 0 Å². The lowest BCUT2D eigenvalue weighted by Gasteiger charge is -2.12. The smallest absolute Gasteiger partial charge is 0.347 e. The standard InChI is InChI=1S/C11H11NO4S3/c1-7(8-3-2-5-17-8)12-19(15,16)9-4-6-18-10(9)11(13)14/h2-7,12H,1H3,(H,13,14)/t7-/m1/s1. The number of carbonyl (C=O) groups is 1. The van der Waals surface area contributed by atoms with E-state index in [1.807, 2.05) is 17.5 Å². The van der Waals surface area contributed by atoms with E-state index in [2.05, 4.69) is 4.72 Å². The second-order valence-corrected chi connectivity index (χ2v) is 7.36. The highest BCUT2D eigenvalue weighted by Crippen LogP contribution is 2.25. The fraction of sp³-hybridized carbons (Fsp3) is 0.182. The second-order valence-electron chi connectivity index (χ2n) is 3.78. The van der Waals surface area contributed by atoms with Gasteiger partial charge in [-0.15, -0.1) is 22.7 Å². The van der Waals surface area contributed by atoms with Crippen molar-refractivity contribution in [1.82, 2.24) is 4.72 Å². The molecule has 0 spiro atoms. The minimum absolute atomic E-state index is 0.175. The van der Waals surface area contributed by atoms with Gasteiger partial charge in [0.15, 0.2) is 0 Å². The molecule has 0 aliphatic rings. The van der Waals surface area contributed by atoms with Gasteiger partial charge < -0.3 is 5.11 Å². The zero-order valence-electron chi connectivity index (χ0n) is 9.86. The van der Waals surface area contributed by atoms with E-state index in [0.717, 1.165) is 16.2 Å². The molecule has 2 heterocycles. The van der Waals surface area contributed by atoms with Crippen LogP contribution in [0.5, 0.6) is 0 Å². The Morgan fingerprint density at radius 2 is 2.05 bits per heavy atom. The molecule has 0 saturated heterocycles. The van der Waals surface area contributed by atoms with Crippen LogP contribution in [-0.2, 0) is 10.0 Å². The Bertz CT molecular complexity index is 673. The molecule has 0 aliphatic heterocycles. The summed E-state index contributed by atoms with van der Waals surface area (Å²) in [4.78, 5) is 11.5. The van der Waals surface area contributed by atoms with Crippen LogP contribution < -0.4 is 4.72 Å². The van der Waals surface area contributed by atoms with Crippen LogP contribution in [0.2, 0.25) is 0 Å². The van der Waals surface area contributed by atoms with Crippen LogP contribution in [0.25, 0.3) is 0 Å². The second kappa shape index (κ2) is 5.41. The van der Waals surface area contributed by atoms with Crippen LogP contribution >= 0.6 is 22.7 Å². The molecule has 19 heavy (non-hydrogen) atoms. The average molecular weight is 317 g/mol. The molecule has 0 radical (unpaired) electrons. The third-order valence-corrected chi connectivity index (χ3v) is 6.08. The molecule has 0 saturated carbocycles. The Labute approximate surface area is 118 Å². The van der Waals surface area contributed by atoms with E-state index in [4.69, 9.17) is 5.11 Å². The Morgan fingerprint density at radius 3 is 2.63 bits per heavy atom. The van der Waals surface area contributed by atoms with Gasteiger partial charge in [-0.25, -0.2) is 17.9 Å². The van der Waals surface area contributed by atoms with Crippen LogP contribution in [0, 0.1) is 0 Å². The molecule has 2 aromatic heterocycles. The number of carboxylic acids is 1. The van der Waals surface area contributed by atoms with Crippen molar-refractivity contribution in [3.63, 3.8) is 0 Å². The third kappa shape index (κ3) is 3.03. The molecule has 2 N–H and O–H groups in total. The summed E-state index contributed by atoms with van der Waals surface area (Å²) in [6, 6.07) is 4.56. The van der Waals surface area contributed by atoms with E-state index in [9.17, 15) is 13.2 Å². The van der Waals surface area contributed by atoms with Crippen molar-refractivity contribution in [2.75, 3.05) is 0 Å². The van der Waals surface area contributed by atoms with Crippen molar-refractivity contribution < 1.29 is 18.3 Å². The van der Waals surface area contributed by atoms with Gasteiger partial charge in [0.05, 0.1) is 6.04 Å². The zero-order chi connectivity index (χ0) is 14.0. The molecule has 5 nitrogen and oxygen atoms in total. The minimum atomic E-state index is -3.83. The largest absolute Gasteiger partial charge is 0.477 e. The first-order valence-corrected chi connectivity index (χ1v) is 8.52. The lowest BCUT2D eigenvalue weighted by molar-refractivity contribution is 0.0698. The Kier molecular flexibility index (Phi) is 4.04. The van der Waals surface area contributed by atoms with Gasteiger partial charge in [0, 0.05) is 4.88 Å². The zero-order valence-corrected chi connectivity index (χ0v) is 12.3. The molecule has 1 atom stereocenters. The molecule has 2 rings (SSSR count). The quantitative estimate of drug-likeness (QED) is 0.887. The fourth-order valence-electron chi connectivity index (χ4n) is 1.56. The number of rotatable bonds is 5. The number of sulfonamides is 1. The molecule has 0 unspecified atom stereocenters. The van der Waals surface area contributed by atoms with Crippen molar-refractivity contribution in [2.45, 2.75) is 17.9 Å². The molecule has 0 aliphatic carbocycles. The van der Waals surface area contributed by atoms with Crippen LogP contribution in [-0.4, -0.2) is 19.5 Å². The normalized spacial score (nSPS) is 13.3. The van der Waals surface area contributed by atoms with Gasteiger partial charge >= 0.3 is 5.97 Å². The van der Waals surface area contributed by atoms with E-state index in [0.29, 0.717) is 0 Å². The topological polar surface area (TPSA) is 83.5 Å². The summed E-state index contributed by atoms with van der Waals surface area (Å²) in [7, 11) is -3.83. The molecular weight excluding hydrogens is 306 g/mol. The maximum atomic E-state index is 12.2. The maximum Gasteiger partial charge on any atom is 0.347 e. The SMILES string of the molecule is C[C@@H](NS(=O)(=O)c1ccsc1C(=O)O)c1cccs1. The van der Waals surface area contributed by atoms with E-state index < -0.39 is 22.0 Å². The van der Waals surface area contributed by atoms with E-state index in [-0.39, 0.29) is 9.77 Å². The highest BCUT2D eigenvalue weighted by Gasteiger charge is 2.25. The first-order chi connectivity index (χ1) is 8.92. The summed E-state index contributed by atoms with van der Waals surface area (Å²) >= 11 is 2.33. The minimum Gasteiger partial charge on any atom is -0.477 e. The number of aromatic carboxylic acids is 1. The molecule has 2 aromatic rings. The maximum absolute atomic E-state index is 12.2. The lowest BCUT2D eigenvalue weighted by atomic mass is 10.3. The summed E-state index contributed by atoms with van der Waals surface area (Å²) in [5, 5.41) is 12.3. The van der Waals surface area contributed by atoms with Crippen LogP contribution in [0.15, 0.2) is 33.9 Å². The predicted octanol–water partition coefficient (Wildman–Crippen LogP) is 2.55. The molecule has 8 heteroatoms. The molecule has 0 amide bonds. The van der Waals surface area contributed by atoms with E-state index in [1.54, 1.807) is 6.92 Å². The number of hydrogen-bond acceptors (Lipinski definition) is 5. The summed E-state index contributed by atoms with van der Waals surface area (Å²) < 4.78 is 26.8. The van der Waals surface area contributed by atoms with E-state index >= 15 is 0 Å². The Balaban J connectivity index is 2.28. The van der Waals surface area contributed by atoms with Gasteiger partial charge in [-0.3, -0.25) is 0 Å². The van der Waals surface area contributed by atoms with Crippen LogP contribution in [0.3, 0.4) is 0 Å². The van der Waals surface area contributed by atoms with Gasteiger partial charge in [-0.2, -0.15) is 0 Å². The van der Waals surface area contributed by atoms with Gasteiger partial charge in [-0.1, -0.05) is 6.07 Å². The molecule has 102 valence electrons. The third-order valence-electron chi connectivity index (χ3n) is 2.41.